The first-order valence-corrected chi connectivity index (χ1v) is 11.9. The van der Waals surface area contributed by atoms with Gasteiger partial charge in [0.2, 0.25) is 0 Å². The van der Waals surface area contributed by atoms with Gasteiger partial charge in [0.05, 0.1) is 18.9 Å². The van der Waals surface area contributed by atoms with Crippen LogP contribution in [0.1, 0.15) is 16.8 Å². The van der Waals surface area contributed by atoms with Gasteiger partial charge < -0.3 is 9.47 Å². The molecule has 24 heavy (non-hydrogen) atoms. The molecule has 2 rings (SSSR count). The standard InChI is InChI=1S/C19H26O4Si/c1-13(12-24(3,4)5)10-16-17(11-23-19(16)21)18(20)14-6-8-15(22-2)9-7-14/h6-9,16-17H,1,10-12H2,2-5H3/t16-,17-/m0/s1. The molecule has 0 unspecified atom stereocenters. The van der Waals surface area contributed by atoms with Crippen molar-refractivity contribution in [1.82, 2.24) is 0 Å². The quantitative estimate of drug-likeness (QED) is 0.325. The van der Waals surface area contributed by atoms with Gasteiger partial charge in [-0.25, -0.2) is 0 Å². The zero-order valence-corrected chi connectivity index (χ0v) is 15.9. The maximum absolute atomic E-state index is 12.8. The number of ketones is 1. The summed E-state index contributed by atoms with van der Waals surface area (Å²) in [6, 6.07) is 7.93. The van der Waals surface area contributed by atoms with E-state index < -0.39 is 19.9 Å². The number of Topliss-reactive ketones (excluding diaryl/α,β-unsaturated/α-hetero) is 1. The third-order valence-electron chi connectivity index (χ3n) is 4.19. The number of esters is 1. The molecule has 130 valence electrons. The largest absolute Gasteiger partial charge is 0.497 e. The van der Waals surface area contributed by atoms with E-state index in [0.717, 1.165) is 11.6 Å². The van der Waals surface area contributed by atoms with Crippen molar-refractivity contribution in [3.05, 3.63) is 42.0 Å². The summed E-state index contributed by atoms with van der Waals surface area (Å²) >= 11 is 0. The van der Waals surface area contributed by atoms with Crippen molar-refractivity contribution in [3.63, 3.8) is 0 Å². The molecule has 1 aliphatic heterocycles. The maximum Gasteiger partial charge on any atom is 0.310 e. The fraction of sp³-hybridized carbons (Fsp3) is 0.474. The van der Waals surface area contributed by atoms with Gasteiger partial charge in [-0.05, 0) is 36.7 Å². The van der Waals surface area contributed by atoms with Crippen molar-refractivity contribution in [1.29, 1.82) is 0 Å². The van der Waals surface area contributed by atoms with Gasteiger partial charge in [0.25, 0.3) is 0 Å². The van der Waals surface area contributed by atoms with Crippen LogP contribution in [0.15, 0.2) is 36.4 Å². The summed E-state index contributed by atoms with van der Waals surface area (Å²) in [4.78, 5) is 24.9. The minimum Gasteiger partial charge on any atom is -0.497 e. The Morgan fingerprint density at radius 2 is 1.92 bits per heavy atom. The molecule has 1 heterocycles. The average Bonchev–Trinajstić information content (AvgIpc) is 2.86. The molecule has 0 aliphatic carbocycles. The van der Waals surface area contributed by atoms with Crippen LogP contribution in [0.2, 0.25) is 25.7 Å². The van der Waals surface area contributed by atoms with Crippen LogP contribution in [0.4, 0.5) is 0 Å². The van der Waals surface area contributed by atoms with Crippen LogP contribution < -0.4 is 4.74 Å². The number of hydrogen-bond acceptors (Lipinski definition) is 4. The van der Waals surface area contributed by atoms with Gasteiger partial charge in [0.1, 0.15) is 12.4 Å². The van der Waals surface area contributed by atoms with E-state index in [-0.39, 0.29) is 18.4 Å². The molecule has 0 spiro atoms. The van der Waals surface area contributed by atoms with E-state index in [1.807, 2.05) is 0 Å². The summed E-state index contributed by atoms with van der Waals surface area (Å²) < 4.78 is 10.3. The van der Waals surface area contributed by atoms with E-state index in [2.05, 4.69) is 26.2 Å². The zero-order valence-electron chi connectivity index (χ0n) is 14.9. The molecular weight excluding hydrogens is 320 g/mol. The second kappa shape index (κ2) is 7.34. The molecule has 1 aliphatic rings. The smallest absolute Gasteiger partial charge is 0.310 e. The summed E-state index contributed by atoms with van der Waals surface area (Å²) in [5, 5.41) is 0. The number of allylic oxidation sites excluding steroid dienone is 1. The SMILES string of the molecule is C=C(C[C@@H]1C(=O)OC[C@@H]1C(=O)c1ccc(OC)cc1)C[Si](C)(C)C. The van der Waals surface area contributed by atoms with E-state index in [0.29, 0.717) is 17.7 Å². The van der Waals surface area contributed by atoms with Gasteiger partial charge in [-0.1, -0.05) is 25.2 Å². The first-order chi connectivity index (χ1) is 11.2. The Bertz CT molecular complexity index is 628. The number of cyclic esters (lactones) is 1. The maximum atomic E-state index is 12.8. The third-order valence-corrected chi connectivity index (χ3v) is 5.75. The number of hydrogen-bond donors (Lipinski definition) is 0. The molecule has 1 saturated heterocycles. The van der Waals surface area contributed by atoms with Gasteiger partial charge in [-0.3, -0.25) is 9.59 Å². The molecule has 2 atom stereocenters. The number of carbonyl (C=O) groups excluding carboxylic acids is 2. The molecular formula is C19H26O4Si. The predicted molar refractivity (Wildman–Crippen MR) is 97.2 cm³/mol. The minimum atomic E-state index is -1.29. The molecule has 0 bridgehead atoms. The van der Waals surface area contributed by atoms with Gasteiger partial charge >= 0.3 is 5.97 Å². The molecule has 1 fully saturated rings. The zero-order chi connectivity index (χ0) is 17.9. The normalized spacial score (nSPS) is 20.6. The highest BCUT2D eigenvalue weighted by Crippen LogP contribution is 2.33. The van der Waals surface area contributed by atoms with Crippen molar-refractivity contribution in [2.24, 2.45) is 11.8 Å². The van der Waals surface area contributed by atoms with Crippen LogP contribution >= 0.6 is 0 Å². The molecule has 4 nitrogen and oxygen atoms in total. The molecule has 1 aromatic carbocycles. The lowest BCUT2D eigenvalue weighted by molar-refractivity contribution is -0.141. The molecule has 0 radical (unpaired) electrons. The van der Waals surface area contributed by atoms with E-state index in [1.54, 1.807) is 31.4 Å². The van der Waals surface area contributed by atoms with Crippen LogP contribution in [0.3, 0.4) is 0 Å². The highest BCUT2D eigenvalue weighted by atomic mass is 28.3. The summed E-state index contributed by atoms with van der Waals surface area (Å²) in [5.41, 5.74) is 1.63. The first kappa shape index (κ1) is 18.5. The minimum absolute atomic E-state index is 0.0469. The van der Waals surface area contributed by atoms with Crippen LogP contribution in [0, 0.1) is 11.8 Å². The number of methoxy groups -OCH3 is 1. The molecule has 0 saturated carbocycles. The van der Waals surface area contributed by atoms with Crippen molar-refractivity contribution < 1.29 is 19.1 Å². The number of rotatable bonds is 7. The van der Waals surface area contributed by atoms with Crippen molar-refractivity contribution in [2.45, 2.75) is 32.1 Å². The van der Waals surface area contributed by atoms with Crippen molar-refractivity contribution in [2.75, 3.05) is 13.7 Å². The van der Waals surface area contributed by atoms with Crippen molar-refractivity contribution >= 4 is 19.8 Å². The van der Waals surface area contributed by atoms with Crippen LogP contribution in [-0.2, 0) is 9.53 Å². The summed E-state index contributed by atoms with van der Waals surface area (Å²) in [5.74, 6) is -0.467. The van der Waals surface area contributed by atoms with Crippen LogP contribution in [-0.4, -0.2) is 33.5 Å². The first-order valence-electron chi connectivity index (χ1n) is 8.23. The Balaban J connectivity index is 2.11. The average molecular weight is 346 g/mol. The Labute approximate surface area is 144 Å². The monoisotopic (exact) mass is 346 g/mol. The van der Waals surface area contributed by atoms with Gasteiger partial charge in [-0.15, -0.1) is 6.58 Å². The fourth-order valence-electron chi connectivity index (χ4n) is 3.15. The third kappa shape index (κ3) is 4.57. The Kier molecular flexibility index (Phi) is 5.65. The lowest BCUT2D eigenvalue weighted by Crippen LogP contribution is -2.26. The van der Waals surface area contributed by atoms with Gasteiger partial charge in [0.15, 0.2) is 5.78 Å². The highest BCUT2D eigenvalue weighted by Gasteiger charge is 2.41. The lowest BCUT2D eigenvalue weighted by Gasteiger charge is -2.20. The fourth-order valence-corrected chi connectivity index (χ4v) is 4.79. The van der Waals surface area contributed by atoms with Crippen LogP contribution in [0.25, 0.3) is 0 Å². The van der Waals surface area contributed by atoms with Crippen LogP contribution in [0.5, 0.6) is 5.75 Å². The second-order valence-corrected chi connectivity index (χ2v) is 13.1. The Morgan fingerprint density at radius 3 is 2.46 bits per heavy atom. The van der Waals surface area contributed by atoms with E-state index in [1.165, 1.54) is 0 Å². The lowest BCUT2D eigenvalue weighted by atomic mass is 9.84. The molecule has 0 aromatic heterocycles. The predicted octanol–water partition coefficient (Wildman–Crippen LogP) is 3.95. The van der Waals surface area contributed by atoms with Gasteiger partial charge in [0, 0.05) is 13.6 Å². The van der Waals surface area contributed by atoms with E-state index in [4.69, 9.17) is 9.47 Å². The summed E-state index contributed by atoms with van der Waals surface area (Å²) in [7, 11) is 0.295. The Morgan fingerprint density at radius 1 is 1.29 bits per heavy atom. The second-order valence-electron chi connectivity index (χ2n) is 7.63. The molecule has 0 N–H and O–H groups in total. The van der Waals surface area contributed by atoms with E-state index in [9.17, 15) is 9.59 Å². The number of ether oxygens (including phenoxy) is 2. The molecule has 1 aromatic rings. The summed E-state index contributed by atoms with van der Waals surface area (Å²) in [6.07, 6.45) is 0.537. The topological polar surface area (TPSA) is 52.6 Å². The summed E-state index contributed by atoms with van der Waals surface area (Å²) in [6.45, 7) is 11.1. The van der Waals surface area contributed by atoms with E-state index >= 15 is 0 Å². The highest BCUT2D eigenvalue weighted by molar-refractivity contribution is 6.76. The molecule has 0 amide bonds. The number of benzene rings is 1. The van der Waals surface area contributed by atoms with Gasteiger partial charge in [-0.2, -0.15) is 0 Å². The Hall–Kier alpha value is -1.88. The molecule has 5 heteroatoms. The van der Waals surface area contributed by atoms with Crippen molar-refractivity contribution in [3.8, 4) is 5.75 Å². The number of carbonyl (C=O) groups is 2.